The minimum absolute atomic E-state index is 0.0740. The molecule has 114 valence electrons. The normalized spacial score (nSPS) is 11.8. The van der Waals surface area contributed by atoms with Gasteiger partial charge in [0, 0.05) is 36.7 Å². The van der Waals surface area contributed by atoms with Crippen molar-refractivity contribution in [2.24, 2.45) is 5.73 Å². The first-order valence-corrected chi connectivity index (χ1v) is 8.37. The van der Waals surface area contributed by atoms with Gasteiger partial charge in [-0.05, 0) is 12.1 Å². The molecule has 0 radical (unpaired) electrons. The Morgan fingerprint density at radius 3 is 2.71 bits per heavy atom. The molecule has 0 saturated carbocycles. The van der Waals surface area contributed by atoms with Gasteiger partial charge in [0.2, 0.25) is 10.0 Å². The van der Waals surface area contributed by atoms with E-state index >= 15 is 0 Å². The zero-order valence-electron chi connectivity index (χ0n) is 10.8. The van der Waals surface area contributed by atoms with Crippen LogP contribution in [0.25, 0.3) is 0 Å². The monoisotopic (exact) mass is 333 g/mol. The van der Waals surface area contributed by atoms with E-state index in [4.69, 9.17) is 5.73 Å². The standard InChI is InChI=1S/C12H13F2N3O2S2/c13-9-1-2-10(12(14)8(9)7-15)21(18,19)17-4-3-11-16-5-6-20-11/h1-2,5-6,17H,3-4,7,15H2. The number of aromatic nitrogens is 1. The smallest absolute Gasteiger partial charge is 0.243 e. The molecule has 21 heavy (non-hydrogen) atoms. The van der Waals surface area contributed by atoms with E-state index in [1.54, 1.807) is 11.6 Å². The highest BCUT2D eigenvalue weighted by atomic mass is 32.2. The van der Waals surface area contributed by atoms with Crippen molar-refractivity contribution < 1.29 is 17.2 Å². The van der Waals surface area contributed by atoms with Crippen molar-refractivity contribution in [3.63, 3.8) is 0 Å². The number of nitrogens with one attached hydrogen (secondary N) is 1. The summed E-state index contributed by atoms with van der Waals surface area (Å²) in [5, 5.41) is 2.54. The first-order valence-electron chi connectivity index (χ1n) is 6.00. The summed E-state index contributed by atoms with van der Waals surface area (Å²) in [4.78, 5) is 3.40. The van der Waals surface area contributed by atoms with Gasteiger partial charge in [-0.15, -0.1) is 11.3 Å². The predicted molar refractivity (Wildman–Crippen MR) is 75.3 cm³/mol. The van der Waals surface area contributed by atoms with Crippen LogP contribution in [-0.4, -0.2) is 19.9 Å². The summed E-state index contributed by atoms with van der Waals surface area (Å²) in [6.45, 7) is -0.342. The van der Waals surface area contributed by atoms with Gasteiger partial charge in [-0.3, -0.25) is 0 Å². The molecular weight excluding hydrogens is 320 g/mol. The highest BCUT2D eigenvalue weighted by molar-refractivity contribution is 7.89. The molecular formula is C12H13F2N3O2S2. The van der Waals surface area contributed by atoms with Gasteiger partial charge in [0.15, 0.2) is 5.82 Å². The van der Waals surface area contributed by atoms with E-state index in [-0.39, 0.29) is 6.54 Å². The Hall–Kier alpha value is -1.42. The zero-order chi connectivity index (χ0) is 15.5. The Kier molecular flexibility index (Phi) is 4.99. The fraction of sp³-hybridized carbons (Fsp3) is 0.250. The summed E-state index contributed by atoms with van der Waals surface area (Å²) < 4.78 is 53.6. The first kappa shape index (κ1) is 16.0. The molecule has 5 nitrogen and oxygen atoms in total. The molecule has 1 aromatic heterocycles. The minimum atomic E-state index is -4.06. The fourth-order valence-corrected chi connectivity index (χ4v) is 3.47. The molecule has 0 atom stereocenters. The van der Waals surface area contributed by atoms with Crippen molar-refractivity contribution in [3.05, 3.63) is 45.9 Å². The number of benzene rings is 1. The van der Waals surface area contributed by atoms with Crippen LogP contribution in [0.3, 0.4) is 0 Å². The topological polar surface area (TPSA) is 85.1 Å². The number of hydrogen-bond donors (Lipinski definition) is 2. The summed E-state index contributed by atoms with van der Waals surface area (Å²) in [7, 11) is -4.06. The van der Waals surface area contributed by atoms with E-state index in [1.165, 1.54) is 11.3 Å². The summed E-state index contributed by atoms with van der Waals surface area (Å²) in [6.07, 6.45) is 2.01. The van der Waals surface area contributed by atoms with Crippen molar-refractivity contribution in [2.45, 2.75) is 17.9 Å². The van der Waals surface area contributed by atoms with E-state index in [0.717, 1.165) is 17.1 Å². The molecule has 0 saturated heterocycles. The van der Waals surface area contributed by atoms with E-state index in [0.29, 0.717) is 6.42 Å². The number of hydrogen-bond acceptors (Lipinski definition) is 5. The van der Waals surface area contributed by atoms with Gasteiger partial charge in [0.05, 0.1) is 5.01 Å². The van der Waals surface area contributed by atoms with Gasteiger partial charge in [0.1, 0.15) is 10.7 Å². The third kappa shape index (κ3) is 3.62. The Labute approximate surface area is 124 Å². The van der Waals surface area contributed by atoms with Crippen LogP contribution in [0.1, 0.15) is 10.6 Å². The summed E-state index contributed by atoms with van der Waals surface area (Å²) in [5.41, 5.74) is 4.78. The van der Waals surface area contributed by atoms with Crippen molar-refractivity contribution in [1.29, 1.82) is 0 Å². The number of nitrogens with zero attached hydrogens (tertiary/aromatic N) is 1. The van der Waals surface area contributed by atoms with Crippen LogP contribution in [0.15, 0.2) is 28.6 Å². The number of halogens is 2. The van der Waals surface area contributed by atoms with Crippen molar-refractivity contribution in [2.75, 3.05) is 6.54 Å². The van der Waals surface area contributed by atoms with Crippen LogP contribution < -0.4 is 10.5 Å². The van der Waals surface area contributed by atoms with Crippen molar-refractivity contribution in [1.82, 2.24) is 9.71 Å². The molecule has 0 aliphatic rings. The fourth-order valence-electron chi connectivity index (χ4n) is 1.72. The lowest BCUT2D eigenvalue weighted by Gasteiger charge is -2.10. The minimum Gasteiger partial charge on any atom is -0.326 e. The van der Waals surface area contributed by atoms with E-state index < -0.39 is 38.7 Å². The van der Waals surface area contributed by atoms with Crippen molar-refractivity contribution >= 4 is 21.4 Å². The molecule has 3 N–H and O–H groups in total. The molecule has 0 unspecified atom stereocenters. The number of rotatable bonds is 6. The molecule has 0 amide bonds. The quantitative estimate of drug-likeness (QED) is 0.837. The second-order valence-electron chi connectivity index (χ2n) is 4.12. The molecule has 0 aliphatic heterocycles. The molecule has 1 aromatic carbocycles. The van der Waals surface area contributed by atoms with Crippen LogP contribution in [0, 0.1) is 11.6 Å². The van der Waals surface area contributed by atoms with Gasteiger partial charge >= 0.3 is 0 Å². The van der Waals surface area contributed by atoms with E-state index in [2.05, 4.69) is 9.71 Å². The molecule has 0 aliphatic carbocycles. The largest absolute Gasteiger partial charge is 0.326 e. The maximum Gasteiger partial charge on any atom is 0.243 e. The lowest BCUT2D eigenvalue weighted by Crippen LogP contribution is -2.27. The molecule has 0 bridgehead atoms. The third-order valence-electron chi connectivity index (χ3n) is 2.76. The molecule has 9 heteroatoms. The van der Waals surface area contributed by atoms with Gasteiger partial charge in [-0.2, -0.15) is 0 Å². The lowest BCUT2D eigenvalue weighted by molar-refractivity contribution is 0.525. The molecule has 2 aromatic rings. The Bertz CT molecular complexity index is 718. The second kappa shape index (κ2) is 6.56. The van der Waals surface area contributed by atoms with E-state index in [9.17, 15) is 17.2 Å². The highest BCUT2D eigenvalue weighted by Crippen LogP contribution is 2.20. The zero-order valence-corrected chi connectivity index (χ0v) is 12.5. The first-order chi connectivity index (χ1) is 9.95. The molecule has 0 fully saturated rings. The number of thiazole rings is 1. The van der Waals surface area contributed by atoms with Gasteiger partial charge in [-0.1, -0.05) is 0 Å². The van der Waals surface area contributed by atoms with Crippen LogP contribution in [-0.2, 0) is 23.0 Å². The summed E-state index contributed by atoms with van der Waals surface area (Å²) in [5.74, 6) is -2.02. The summed E-state index contributed by atoms with van der Waals surface area (Å²) >= 11 is 1.39. The SMILES string of the molecule is NCc1c(F)ccc(S(=O)(=O)NCCc2nccs2)c1F. The highest BCUT2D eigenvalue weighted by Gasteiger charge is 2.22. The summed E-state index contributed by atoms with van der Waals surface area (Å²) in [6, 6.07) is 1.77. The second-order valence-corrected chi connectivity index (χ2v) is 6.83. The average Bonchev–Trinajstić information content (AvgIpc) is 2.92. The van der Waals surface area contributed by atoms with Crippen LogP contribution in [0.2, 0.25) is 0 Å². The molecule has 0 spiro atoms. The van der Waals surface area contributed by atoms with Gasteiger partial charge in [-0.25, -0.2) is 26.9 Å². The maximum atomic E-state index is 14.0. The average molecular weight is 333 g/mol. The Morgan fingerprint density at radius 1 is 1.33 bits per heavy atom. The van der Waals surface area contributed by atoms with Crippen LogP contribution in [0.5, 0.6) is 0 Å². The predicted octanol–water partition coefficient (Wildman–Crippen LogP) is 1.40. The van der Waals surface area contributed by atoms with E-state index in [1.807, 2.05) is 0 Å². The number of nitrogens with two attached hydrogens (primary N) is 1. The maximum absolute atomic E-state index is 14.0. The Morgan fingerprint density at radius 2 is 2.10 bits per heavy atom. The van der Waals surface area contributed by atoms with Gasteiger partial charge < -0.3 is 5.73 Å². The molecule has 2 rings (SSSR count). The van der Waals surface area contributed by atoms with Crippen molar-refractivity contribution in [3.8, 4) is 0 Å². The van der Waals surface area contributed by atoms with Gasteiger partial charge in [0.25, 0.3) is 0 Å². The van der Waals surface area contributed by atoms with Crippen LogP contribution >= 0.6 is 11.3 Å². The lowest BCUT2D eigenvalue weighted by atomic mass is 10.2. The number of sulfonamides is 1. The van der Waals surface area contributed by atoms with Crippen LogP contribution in [0.4, 0.5) is 8.78 Å². The Balaban J connectivity index is 2.16. The third-order valence-corrected chi connectivity index (χ3v) is 5.08. The molecule has 1 heterocycles.